The third-order valence-electron chi connectivity index (χ3n) is 0.455. The van der Waals surface area contributed by atoms with Crippen LogP contribution in [-0.4, -0.2) is 12.4 Å². The van der Waals surface area contributed by atoms with Gasteiger partial charge in [-0.25, -0.2) is 0 Å². The number of hydrazine groups is 1. The van der Waals surface area contributed by atoms with E-state index in [4.69, 9.17) is 17.4 Å². The molecule has 0 saturated carbocycles. The summed E-state index contributed by atoms with van der Waals surface area (Å²) in [5, 5.41) is 0. The van der Waals surface area contributed by atoms with Crippen LogP contribution in [0.5, 0.6) is 0 Å². The maximum Gasteiger partial charge on any atom is 0.0236 e. The van der Waals surface area contributed by atoms with Gasteiger partial charge < -0.3 is 0 Å². The zero-order valence-electron chi connectivity index (χ0n) is 3.58. The number of alkyl halides is 1. The number of halogens is 1. The smallest absolute Gasteiger partial charge is 0.0236 e. The van der Waals surface area contributed by atoms with Gasteiger partial charge in [0, 0.05) is 12.4 Å². The predicted octanol–water partition coefficient (Wildman–Crippen LogP) is 0.0786. The molecule has 0 spiro atoms. The summed E-state index contributed by atoms with van der Waals surface area (Å²) >= 11 is 5.28. The second-order valence-electron chi connectivity index (χ2n) is 0.997. The van der Waals surface area contributed by atoms with Crippen LogP contribution in [0.15, 0.2) is 0 Å². The average Bonchev–Trinajstić information content (AvgIpc) is 1.61. The van der Waals surface area contributed by atoms with Crippen molar-refractivity contribution in [3.8, 4) is 0 Å². The highest BCUT2D eigenvalue weighted by molar-refractivity contribution is 6.17. The number of nitrogens with two attached hydrogens (primary N) is 1. The fraction of sp³-hybridized carbons (Fsp3) is 1.00. The molecule has 0 saturated heterocycles. The van der Waals surface area contributed by atoms with Crippen LogP contribution in [0.1, 0.15) is 6.42 Å². The zero-order chi connectivity index (χ0) is 4.83. The van der Waals surface area contributed by atoms with Gasteiger partial charge in [0.2, 0.25) is 0 Å². The average molecular weight is 109 g/mol. The van der Waals surface area contributed by atoms with E-state index in [2.05, 4.69) is 5.43 Å². The molecule has 0 aromatic heterocycles. The first-order valence-electron chi connectivity index (χ1n) is 1.91. The molecule has 0 aromatic carbocycles. The highest BCUT2D eigenvalue weighted by Crippen LogP contribution is 1.77. The van der Waals surface area contributed by atoms with Crippen LogP contribution < -0.4 is 11.3 Å². The molecule has 0 fully saturated rings. The Balaban J connectivity index is 2.34. The molecular weight excluding hydrogens is 99.5 g/mol. The maximum atomic E-state index is 5.28. The molecule has 0 aliphatic rings. The van der Waals surface area contributed by atoms with Crippen molar-refractivity contribution in [1.29, 1.82) is 0 Å². The summed E-state index contributed by atoms with van der Waals surface area (Å²) in [4.78, 5) is 0. The zero-order valence-corrected chi connectivity index (χ0v) is 4.33. The van der Waals surface area contributed by atoms with E-state index in [1.807, 2.05) is 0 Å². The molecule has 0 aliphatic heterocycles. The van der Waals surface area contributed by atoms with Crippen LogP contribution in [0.4, 0.5) is 0 Å². The summed E-state index contributed by atoms with van der Waals surface area (Å²) in [5.74, 6) is 5.59. The number of hydrogen-bond acceptors (Lipinski definition) is 2. The second-order valence-corrected chi connectivity index (χ2v) is 1.37. The first-order chi connectivity index (χ1) is 2.91. The van der Waals surface area contributed by atoms with Crippen molar-refractivity contribution in [3.63, 3.8) is 0 Å². The van der Waals surface area contributed by atoms with Crippen molar-refractivity contribution >= 4 is 11.6 Å². The van der Waals surface area contributed by atoms with Crippen LogP contribution in [-0.2, 0) is 0 Å². The largest absolute Gasteiger partial charge is 0.271 e. The summed E-state index contributed by atoms with van der Waals surface area (Å²) < 4.78 is 0. The van der Waals surface area contributed by atoms with Gasteiger partial charge in [0.25, 0.3) is 0 Å². The van der Waals surface area contributed by atoms with Gasteiger partial charge in [-0.1, -0.05) is 0 Å². The molecule has 0 rings (SSSR count). The van der Waals surface area contributed by atoms with Gasteiger partial charge in [0.05, 0.1) is 0 Å². The van der Waals surface area contributed by atoms with Crippen LogP contribution in [0, 0.1) is 0 Å². The molecule has 6 heavy (non-hydrogen) atoms. The minimum Gasteiger partial charge on any atom is -0.271 e. The Labute approximate surface area is 42.6 Å². The lowest BCUT2D eigenvalue weighted by atomic mass is 10.5. The van der Waals surface area contributed by atoms with Crippen molar-refractivity contribution in [3.05, 3.63) is 0 Å². The van der Waals surface area contributed by atoms with Crippen LogP contribution >= 0.6 is 11.6 Å². The monoisotopic (exact) mass is 108 g/mol. The summed E-state index contributed by atoms with van der Waals surface area (Å²) in [5.41, 5.74) is 2.48. The SMILES string of the molecule is NNCCCCl. The lowest BCUT2D eigenvalue weighted by Gasteiger charge is -1.88. The Morgan fingerprint density at radius 1 is 1.67 bits per heavy atom. The molecule has 3 N–H and O–H groups in total. The van der Waals surface area contributed by atoms with Gasteiger partial charge in [-0.15, -0.1) is 11.6 Å². The van der Waals surface area contributed by atoms with Crippen molar-refractivity contribution in [1.82, 2.24) is 5.43 Å². The quantitative estimate of drug-likeness (QED) is 0.233. The van der Waals surface area contributed by atoms with E-state index >= 15 is 0 Å². The Kier molecular flexibility index (Phi) is 5.39. The van der Waals surface area contributed by atoms with Crippen molar-refractivity contribution in [2.24, 2.45) is 5.84 Å². The lowest BCUT2D eigenvalue weighted by molar-refractivity contribution is 0.716. The van der Waals surface area contributed by atoms with Gasteiger partial charge in [-0.3, -0.25) is 11.3 Å². The molecule has 2 nitrogen and oxygen atoms in total. The van der Waals surface area contributed by atoms with Crippen molar-refractivity contribution in [2.75, 3.05) is 12.4 Å². The highest BCUT2D eigenvalue weighted by Gasteiger charge is 1.75. The third-order valence-corrected chi connectivity index (χ3v) is 0.722. The Bertz CT molecular complexity index is 20.8. The molecule has 0 amide bonds. The van der Waals surface area contributed by atoms with Gasteiger partial charge in [-0.05, 0) is 6.42 Å². The molecule has 0 bridgehead atoms. The van der Waals surface area contributed by atoms with Crippen LogP contribution in [0.2, 0.25) is 0 Å². The minimum absolute atomic E-state index is 0.685. The molecule has 3 heteroatoms. The van der Waals surface area contributed by atoms with Crippen molar-refractivity contribution < 1.29 is 0 Å². The Morgan fingerprint density at radius 2 is 2.33 bits per heavy atom. The summed E-state index contributed by atoms with van der Waals surface area (Å²) in [6.07, 6.45) is 0.943. The Morgan fingerprint density at radius 3 is 2.50 bits per heavy atom. The van der Waals surface area contributed by atoms with E-state index in [9.17, 15) is 0 Å². The third kappa shape index (κ3) is 4.21. The predicted molar refractivity (Wildman–Crippen MR) is 27.5 cm³/mol. The molecule has 0 aliphatic carbocycles. The molecule has 0 unspecified atom stereocenters. The van der Waals surface area contributed by atoms with Crippen LogP contribution in [0.25, 0.3) is 0 Å². The number of rotatable bonds is 3. The summed E-state index contributed by atoms with van der Waals surface area (Å²) in [6.45, 7) is 0.809. The normalized spacial score (nSPS) is 9.00. The number of hydrogen-bond donors (Lipinski definition) is 2. The van der Waals surface area contributed by atoms with E-state index in [-0.39, 0.29) is 0 Å². The molecule has 0 atom stereocenters. The van der Waals surface area contributed by atoms with Gasteiger partial charge in [-0.2, -0.15) is 0 Å². The van der Waals surface area contributed by atoms with Gasteiger partial charge >= 0.3 is 0 Å². The minimum atomic E-state index is 0.685. The van der Waals surface area contributed by atoms with E-state index in [0.29, 0.717) is 5.88 Å². The fourth-order valence-corrected chi connectivity index (χ4v) is 0.303. The standard InChI is InChI=1S/C3H9ClN2/c4-2-1-3-6-5/h6H,1-3,5H2. The molecule has 0 radical (unpaired) electrons. The fourth-order valence-electron chi connectivity index (χ4n) is 0.169. The van der Waals surface area contributed by atoms with E-state index < -0.39 is 0 Å². The van der Waals surface area contributed by atoms with Gasteiger partial charge in [0.1, 0.15) is 0 Å². The first-order valence-corrected chi connectivity index (χ1v) is 2.44. The van der Waals surface area contributed by atoms with E-state index in [1.54, 1.807) is 0 Å². The van der Waals surface area contributed by atoms with Gasteiger partial charge in [0.15, 0.2) is 0 Å². The Hall–Kier alpha value is 0.210. The summed E-state index contributed by atoms with van der Waals surface area (Å²) in [6, 6.07) is 0. The van der Waals surface area contributed by atoms with Crippen molar-refractivity contribution in [2.45, 2.75) is 6.42 Å². The maximum absolute atomic E-state index is 5.28. The second kappa shape index (κ2) is 5.21. The molecule has 0 aromatic rings. The molecule has 38 valence electrons. The topological polar surface area (TPSA) is 38.0 Å². The number of nitrogens with one attached hydrogen (secondary N) is 1. The molecular formula is C3H9ClN2. The first kappa shape index (κ1) is 6.21. The van der Waals surface area contributed by atoms with E-state index in [0.717, 1.165) is 13.0 Å². The van der Waals surface area contributed by atoms with Crippen LogP contribution in [0.3, 0.4) is 0 Å². The highest BCUT2D eigenvalue weighted by atomic mass is 35.5. The van der Waals surface area contributed by atoms with E-state index in [1.165, 1.54) is 0 Å². The summed E-state index contributed by atoms with van der Waals surface area (Å²) in [7, 11) is 0. The molecule has 0 heterocycles. The lowest BCUT2D eigenvalue weighted by Crippen LogP contribution is -2.22.